The largest absolute Gasteiger partial charge is 0.341 e. The SMILES string of the molecule is CSCC[C@H](N)C(=O)N1CCC[C@H](C)C1. The maximum absolute atomic E-state index is 11.9. The predicted molar refractivity (Wildman–Crippen MR) is 66.0 cm³/mol. The summed E-state index contributed by atoms with van der Waals surface area (Å²) in [5.41, 5.74) is 5.88. The zero-order chi connectivity index (χ0) is 11.3. The van der Waals surface area contributed by atoms with E-state index < -0.39 is 0 Å². The van der Waals surface area contributed by atoms with Crippen molar-refractivity contribution in [3.63, 3.8) is 0 Å². The molecular formula is C11H22N2OS. The summed E-state index contributed by atoms with van der Waals surface area (Å²) < 4.78 is 0. The maximum Gasteiger partial charge on any atom is 0.239 e. The maximum atomic E-state index is 11.9. The topological polar surface area (TPSA) is 46.3 Å². The number of hydrogen-bond donors (Lipinski definition) is 1. The van der Waals surface area contributed by atoms with Crippen LogP contribution >= 0.6 is 11.8 Å². The second-order valence-electron chi connectivity index (χ2n) is 4.42. The van der Waals surface area contributed by atoms with E-state index in [1.54, 1.807) is 11.8 Å². The summed E-state index contributed by atoms with van der Waals surface area (Å²) in [5, 5.41) is 0. The molecule has 0 unspecified atom stereocenters. The van der Waals surface area contributed by atoms with E-state index in [0.29, 0.717) is 5.92 Å². The second-order valence-corrected chi connectivity index (χ2v) is 5.41. The molecule has 3 nitrogen and oxygen atoms in total. The van der Waals surface area contributed by atoms with Gasteiger partial charge in [0.15, 0.2) is 0 Å². The first-order valence-electron chi connectivity index (χ1n) is 5.68. The van der Waals surface area contributed by atoms with Crippen molar-refractivity contribution in [2.45, 2.75) is 32.2 Å². The highest BCUT2D eigenvalue weighted by Crippen LogP contribution is 2.16. The van der Waals surface area contributed by atoms with Gasteiger partial charge in [-0.3, -0.25) is 4.79 Å². The van der Waals surface area contributed by atoms with Crippen LogP contribution in [0.15, 0.2) is 0 Å². The Hall–Kier alpha value is -0.220. The van der Waals surface area contributed by atoms with Gasteiger partial charge in [0.2, 0.25) is 5.91 Å². The molecule has 88 valence electrons. The molecule has 0 radical (unpaired) electrons. The summed E-state index contributed by atoms with van der Waals surface area (Å²) in [5.74, 6) is 1.75. The van der Waals surface area contributed by atoms with Crippen molar-refractivity contribution in [2.75, 3.05) is 25.1 Å². The van der Waals surface area contributed by atoms with Gasteiger partial charge in [0, 0.05) is 13.1 Å². The van der Waals surface area contributed by atoms with Crippen LogP contribution in [0, 0.1) is 5.92 Å². The fourth-order valence-electron chi connectivity index (χ4n) is 1.99. The van der Waals surface area contributed by atoms with Gasteiger partial charge < -0.3 is 10.6 Å². The third-order valence-electron chi connectivity index (χ3n) is 2.92. The number of piperidine rings is 1. The van der Waals surface area contributed by atoms with Gasteiger partial charge in [-0.15, -0.1) is 0 Å². The molecule has 1 fully saturated rings. The molecule has 1 heterocycles. The minimum Gasteiger partial charge on any atom is -0.341 e. The Morgan fingerprint density at radius 3 is 3.00 bits per heavy atom. The summed E-state index contributed by atoms with van der Waals surface area (Å²) in [6.45, 7) is 3.99. The molecule has 0 spiro atoms. The summed E-state index contributed by atoms with van der Waals surface area (Å²) >= 11 is 1.74. The summed E-state index contributed by atoms with van der Waals surface area (Å²) in [7, 11) is 0. The summed E-state index contributed by atoms with van der Waals surface area (Å²) in [6, 6.07) is -0.289. The monoisotopic (exact) mass is 230 g/mol. The van der Waals surface area contributed by atoms with Gasteiger partial charge in [0.25, 0.3) is 0 Å². The van der Waals surface area contributed by atoms with Crippen LogP contribution in [0.4, 0.5) is 0 Å². The van der Waals surface area contributed by atoms with Crippen molar-refractivity contribution < 1.29 is 4.79 Å². The molecule has 0 aromatic rings. The normalized spacial score (nSPS) is 23.9. The van der Waals surface area contributed by atoms with E-state index in [1.807, 2.05) is 11.2 Å². The van der Waals surface area contributed by atoms with Crippen molar-refractivity contribution >= 4 is 17.7 Å². The third-order valence-corrected chi connectivity index (χ3v) is 3.56. The first kappa shape index (κ1) is 12.8. The molecular weight excluding hydrogens is 208 g/mol. The van der Waals surface area contributed by atoms with Gasteiger partial charge in [-0.2, -0.15) is 11.8 Å². The molecule has 1 aliphatic rings. The molecule has 0 bridgehead atoms. The van der Waals surface area contributed by atoms with Gasteiger partial charge in [-0.05, 0) is 37.2 Å². The van der Waals surface area contributed by atoms with Crippen LogP contribution in [-0.4, -0.2) is 41.9 Å². The number of thioether (sulfide) groups is 1. The lowest BCUT2D eigenvalue weighted by atomic mass is 9.99. The Morgan fingerprint density at radius 1 is 1.67 bits per heavy atom. The van der Waals surface area contributed by atoms with E-state index in [0.717, 1.165) is 31.7 Å². The Labute approximate surface area is 96.8 Å². The molecule has 2 atom stereocenters. The highest BCUT2D eigenvalue weighted by Gasteiger charge is 2.24. The molecule has 1 saturated heterocycles. The van der Waals surface area contributed by atoms with E-state index in [-0.39, 0.29) is 11.9 Å². The van der Waals surface area contributed by atoms with E-state index >= 15 is 0 Å². The minimum atomic E-state index is -0.289. The standard InChI is InChI=1S/C11H22N2OS/c1-9-4-3-6-13(8-9)11(14)10(12)5-7-15-2/h9-10H,3-8,12H2,1-2H3/t9-,10-/m0/s1. The third kappa shape index (κ3) is 4.03. The van der Waals surface area contributed by atoms with E-state index in [9.17, 15) is 4.79 Å². The molecule has 15 heavy (non-hydrogen) atoms. The van der Waals surface area contributed by atoms with Crippen LogP contribution in [0.2, 0.25) is 0 Å². The molecule has 1 amide bonds. The number of carbonyl (C=O) groups is 1. The lowest BCUT2D eigenvalue weighted by Crippen LogP contribution is -2.47. The van der Waals surface area contributed by atoms with Gasteiger partial charge >= 0.3 is 0 Å². The van der Waals surface area contributed by atoms with Crippen LogP contribution < -0.4 is 5.73 Å². The van der Waals surface area contributed by atoms with Crippen molar-refractivity contribution in [1.82, 2.24) is 4.90 Å². The molecule has 1 aliphatic heterocycles. The molecule has 1 rings (SSSR count). The molecule has 4 heteroatoms. The minimum absolute atomic E-state index is 0.149. The lowest BCUT2D eigenvalue weighted by molar-refractivity contribution is -0.134. The summed E-state index contributed by atoms with van der Waals surface area (Å²) in [4.78, 5) is 13.9. The Balaban J connectivity index is 2.37. The van der Waals surface area contributed by atoms with Gasteiger partial charge in [0.1, 0.15) is 0 Å². The van der Waals surface area contributed by atoms with Crippen LogP contribution in [0.5, 0.6) is 0 Å². The fourth-order valence-corrected chi connectivity index (χ4v) is 2.48. The average molecular weight is 230 g/mol. The highest BCUT2D eigenvalue weighted by molar-refractivity contribution is 7.98. The lowest BCUT2D eigenvalue weighted by Gasteiger charge is -2.32. The first-order valence-corrected chi connectivity index (χ1v) is 7.08. The van der Waals surface area contributed by atoms with Crippen LogP contribution in [0.1, 0.15) is 26.2 Å². The van der Waals surface area contributed by atoms with Crippen LogP contribution in [-0.2, 0) is 4.79 Å². The van der Waals surface area contributed by atoms with E-state index in [2.05, 4.69) is 6.92 Å². The van der Waals surface area contributed by atoms with E-state index in [4.69, 9.17) is 5.73 Å². The molecule has 0 aliphatic carbocycles. The number of hydrogen-bond acceptors (Lipinski definition) is 3. The van der Waals surface area contributed by atoms with E-state index in [1.165, 1.54) is 6.42 Å². The second kappa shape index (κ2) is 6.38. The van der Waals surface area contributed by atoms with Crippen molar-refractivity contribution in [2.24, 2.45) is 11.7 Å². The molecule has 0 aromatic carbocycles. The number of carbonyl (C=O) groups excluding carboxylic acids is 1. The average Bonchev–Trinajstić information content (AvgIpc) is 2.24. The Kier molecular flexibility index (Phi) is 5.47. The van der Waals surface area contributed by atoms with Gasteiger partial charge in [0.05, 0.1) is 6.04 Å². The number of nitrogens with zero attached hydrogens (tertiary/aromatic N) is 1. The number of amides is 1. The highest BCUT2D eigenvalue weighted by atomic mass is 32.2. The van der Waals surface area contributed by atoms with Crippen LogP contribution in [0.25, 0.3) is 0 Å². The molecule has 0 saturated carbocycles. The zero-order valence-corrected chi connectivity index (χ0v) is 10.6. The van der Waals surface area contributed by atoms with Crippen LogP contribution in [0.3, 0.4) is 0 Å². The van der Waals surface area contributed by atoms with Gasteiger partial charge in [-0.1, -0.05) is 6.92 Å². The van der Waals surface area contributed by atoms with Crippen molar-refractivity contribution in [3.05, 3.63) is 0 Å². The van der Waals surface area contributed by atoms with Crippen molar-refractivity contribution in [3.8, 4) is 0 Å². The fraction of sp³-hybridized carbons (Fsp3) is 0.909. The Morgan fingerprint density at radius 2 is 2.40 bits per heavy atom. The smallest absolute Gasteiger partial charge is 0.239 e. The predicted octanol–water partition coefficient (Wildman–Crippen LogP) is 1.33. The number of likely N-dealkylation sites (tertiary alicyclic amines) is 1. The first-order chi connectivity index (χ1) is 7.15. The summed E-state index contributed by atoms with van der Waals surface area (Å²) in [6.07, 6.45) is 5.21. The number of rotatable bonds is 4. The molecule has 0 aromatic heterocycles. The van der Waals surface area contributed by atoms with Gasteiger partial charge in [-0.25, -0.2) is 0 Å². The Bertz CT molecular complexity index is 211. The zero-order valence-electron chi connectivity index (χ0n) is 9.74. The van der Waals surface area contributed by atoms with Crippen molar-refractivity contribution in [1.29, 1.82) is 0 Å². The molecule has 2 N–H and O–H groups in total. The quantitative estimate of drug-likeness (QED) is 0.792. The number of nitrogens with two attached hydrogens (primary N) is 1.